The van der Waals surface area contributed by atoms with E-state index in [1.165, 1.54) is 64.2 Å². The van der Waals surface area contributed by atoms with E-state index in [9.17, 15) is 0 Å². The predicted molar refractivity (Wildman–Crippen MR) is 170 cm³/mol. The number of hydroxylamine groups is 4. The van der Waals surface area contributed by atoms with Gasteiger partial charge in [0.15, 0.2) is 0 Å². The molecule has 4 N–H and O–H groups in total. The maximum Gasteiger partial charge on any atom is 0.127 e. The Morgan fingerprint density at radius 2 is 0.850 bits per heavy atom. The van der Waals surface area contributed by atoms with Crippen LogP contribution in [0.25, 0.3) is 0 Å². The lowest BCUT2D eigenvalue weighted by atomic mass is 9.73. The maximum absolute atomic E-state index is 6.35. The average molecular weight is 567 g/mol. The normalized spacial score (nSPS) is 25.2. The molecule has 40 heavy (non-hydrogen) atoms. The van der Waals surface area contributed by atoms with E-state index in [1.54, 1.807) is 0 Å². The molecule has 0 aromatic carbocycles. The largest absolute Gasteiger partial charge is 0.304 e. The fourth-order valence-corrected chi connectivity index (χ4v) is 8.33. The molecule has 0 aliphatic carbocycles. The van der Waals surface area contributed by atoms with E-state index >= 15 is 0 Å². The van der Waals surface area contributed by atoms with Crippen LogP contribution in [0.1, 0.15) is 172 Å². The molecule has 2 saturated heterocycles. The number of nitrogens with two attached hydrogens (primary N) is 2. The highest BCUT2D eigenvalue weighted by atomic mass is 16.7. The van der Waals surface area contributed by atoms with E-state index in [4.69, 9.17) is 21.1 Å². The van der Waals surface area contributed by atoms with Crippen molar-refractivity contribution < 1.29 is 9.68 Å². The van der Waals surface area contributed by atoms with Crippen molar-refractivity contribution in [2.45, 2.75) is 207 Å². The molecule has 2 unspecified atom stereocenters. The molecule has 0 amide bonds. The third-order valence-electron chi connectivity index (χ3n) is 9.49. The summed E-state index contributed by atoms with van der Waals surface area (Å²) in [7, 11) is 0. The third kappa shape index (κ3) is 10.8. The molecule has 0 aromatic heterocycles. The Labute approximate surface area is 249 Å². The summed E-state index contributed by atoms with van der Waals surface area (Å²) in [5.41, 5.74) is 12.7. The van der Waals surface area contributed by atoms with Crippen LogP contribution < -0.4 is 11.5 Å². The van der Waals surface area contributed by atoms with Crippen molar-refractivity contribution in [1.29, 1.82) is 0 Å². The molecule has 6 heteroatoms. The van der Waals surface area contributed by atoms with E-state index < -0.39 is 0 Å². The Morgan fingerprint density at radius 3 is 1.12 bits per heavy atom. The van der Waals surface area contributed by atoms with Gasteiger partial charge in [-0.3, -0.25) is 9.68 Å². The van der Waals surface area contributed by atoms with Crippen LogP contribution in [0.15, 0.2) is 0 Å². The lowest BCUT2D eigenvalue weighted by Gasteiger charge is -2.54. The Hall–Kier alpha value is -0.240. The lowest BCUT2D eigenvalue weighted by Crippen LogP contribution is -2.62. The highest BCUT2D eigenvalue weighted by Crippen LogP contribution is 2.45. The lowest BCUT2D eigenvalue weighted by molar-refractivity contribution is -0.311. The Morgan fingerprint density at radius 1 is 0.550 bits per heavy atom. The zero-order valence-corrected chi connectivity index (χ0v) is 28.5. The summed E-state index contributed by atoms with van der Waals surface area (Å²) < 4.78 is 0. The minimum absolute atomic E-state index is 0.00829. The number of rotatable bonds is 17. The molecule has 0 spiro atoms. The first-order valence-electron chi connectivity index (χ1n) is 17.0. The molecular weight excluding hydrogens is 496 g/mol. The zero-order chi connectivity index (χ0) is 30.2. The molecule has 2 heterocycles. The Balaban J connectivity index is 1.75. The smallest absolute Gasteiger partial charge is 0.127 e. The number of nitrogens with zero attached hydrogens (tertiary/aromatic N) is 2. The van der Waals surface area contributed by atoms with E-state index in [0.717, 1.165) is 50.4 Å². The Bertz CT molecular complexity index is 627. The molecular formula is C34H70N4O2. The monoisotopic (exact) mass is 567 g/mol. The van der Waals surface area contributed by atoms with Gasteiger partial charge in [-0.2, -0.15) is 10.1 Å². The number of hydrogen-bond acceptors (Lipinski definition) is 6. The van der Waals surface area contributed by atoms with Gasteiger partial charge in [-0.05, 0) is 119 Å². The molecule has 0 radical (unpaired) electrons. The molecule has 2 aliphatic heterocycles. The Kier molecular flexibility index (Phi) is 13.9. The number of hydrogen-bond donors (Lipinski definition) is 2. The van der Waals surface area contributed by atoms with Crippen molar-refractivity contribution in [3.63, 3.8) is 0 Å². The second-order valence-corrected chi connectivity index (χ2v) is 16.0. The van der Waals surface area contributed by atoms with Crippen molar-refractivity contribution in [2.75, 3.05) is 0 Å². The van der Waals surface area contributed by atoms with Crippen LogP contribution in [0.5, 0.6) is 0 Å². The average Bonchev–Trinajstić information content (AvgIpc) is 2.82. The number of piperidine rings is 2. The van der Waals surface area contributed by atoms with Crippen LogP contribution in [-0.4, -0.2) is 44.7 Å². The van der Waals surface area contributed by atoms with Crippen LogP contribution in [0.2, 0.25) is 0 Å². The maximum atomic E-state index is 6.35. The fourth-order valence-electron chi connectivity index (χ4n) is 8.33. The van der Waals surface area contributed by atoms with Crippen molar-refractivity contribution in [3.05, 3.63) is 0 Å². The van der Waals surface area contributed by atoms with Gasteiger partial charge < -0.3 is 11.5 Å². The topological polar surface area (TPSA) is 77.0 Å². The summed E-state index contributed by atoms with van der Waals surface area (Å²) in [6.07, 6.45) is 18.8. The molecule has 0 bridgehead atoms. The first-order chi connectivity index (χ1) is 18.5. The van der Waals surface area contributed by atoms with E-state index in [-0.39, 0.29) is 34.6 Å². The van der Waals surface area contributed by atoms with Crippen LogP contribution in [0, 0.1) is 11.8 Å². The van der Waals surface area contributed by atoms with Crippen LogP contribution >= 0.6 is 0 Å². The minimum atomic E-state index is -0.200. The summed E-state index contributed by atoms with van der Waals surface area (Å²) in [4.78, 5) is 12.7. The highest BCUT2D eigenvalue weighted by molar-refractivity contribution is 4.98. The van der Waals surface area contributed by atoms with E-state index in [1.807, 2.05) is 0 Å². The standard InChI is InChI=1S/C34H70N4O2/c1-11-13-21-29(35)39-37-31(3,4)23-27(24-32(37,5)6)19-17-15-16-18-20-28-25-33(7,8)38(34(9,10)26-28)40-30(36)22-14-12-2/h27-30H,11-26,35-36H2,1-10H3. The van der Waals surface area contributed by atoms with Crippen molar-refractivity contribution in [3.8, 4) is 0 Å². The van der Waals surface area contributed by atoms with Gasteiger partial charge in [-0.25, -0.2) is 0 Å². The van der Waals surface area contributed by atoms with E-state index in [0.29, 0.717) is 0 Å². The fraction of sp³-hybridized carbons (Fsp3) is 1.00. The molecule has 2 fully saturated rings. The summed E-state index contributed by atoms with van der Waals surface area (Å²) >= 11 is 0. The molecule has 2 aliphatic rings. The first-order valence-corrected chi connectivity index (χ1v) is 17.0. The third-order valence-corrected chi connectivity index (χ3v) is 9.49. The highest BCUT2D eigenvalue weighted by Gasteiger charge is 2.48. The first kappa shape index (κ1) is 36.0. The van der Waals surface area contributed by atoms with Gasteiger partial charge in [0, 0.05) is 22.2 Å². The molecule has 238 valence electrons. The molecule has 2 rings (SSSR count). The molecule has 0 saturated carbocycles. The molecule has 2 atom stereocenters. The minimum Gasteiger partial charge on any atom is -0.304 e. The van der Waals surface area contributed by atoms with Gasteiger partial charge in [0.2, 0.25) is 0 Å². The summed E-state index contributed by atoms with van der Waals surface area (Å²) in [6.45, 7) is 23.1. The molecule has 6 nitrogen and oxygen atoms in total. The SMILES string of the molecule is CCCCC(N)ON1C(C)(C)CC(CCCCCCC2CC(C)(C)N(OC(N)CCCC)C(C)(C)C2)CC1(C)C. The van der Waals surface area contributed by atoms with E-state index in [2.05, 4.69) is 79.4 Å². The van der Waals surface area contributed by atoms with Crippen LogP contribution in [-0.2, 0) is 9.68 Å². The second kappa shape index (κ2) is 15.5. The van der Waals surface area contributed by atoms with Crippen molar-refractivity contribution in [2.24, 2.45) is 23.3 Å². The quantitative estimate of drug-likeness (QED) is 0.135. The van der Waals surface area contributed by atoms with Gasteiger partial charge in [-0.1, -0.05) is 65.2 Å². The number of unbranched alkanes of at least 4 members (excludes halogenated alkanes) is 5. The molecule has 0 aromatic rings. The summed E-state index contributed by atoms with van der Waals surface area (Å²) in [5, 5.41) is 4.49. The summed E-state index contributed by atoms with van der Waals surface area (Å²) in [6, 6.07) is 0. The van der Waals surface area contributed by atoms with Gasteiger partial charge >= 0.3 is 0 Å². The van der Waals surface area contributed by atoms with Crippen molar-refractivity contribution in [1.82, 2.24) is 10.1 Å². The second-order valence-electron chi connectivity index (χ2n) is 16.0. The zero-order valence-electron chi connectivity index (χ0n) is 28.5. The van der Waals surface area contributed by atoms with Crippen molar-refractivity contribution >= 4 is 0 Å². The van der Waals surface area contributed by atoms with Gasteiger partial charge in [0.05, 0.1) is 0 Å². The van der Waals surface area contributed by atoms with Crippen LogP contribution in [0.3, 0.4) is 0 Å². The van der Waals surface area contributed by atoms with Gasteiger partial charge in [0.25, 0.3) is 0 Å². The van der Waals surface area contributed by atoms with Crippen LogP contribution in [0.4, 0.5) is 0 Å². The summed E-state index contributed by atoms with van der Waals surface area (Å²) in [5.74, 6) is 1.51. The van der Waals surface area contributed by atoms with Gasteiger partial charge in [-0.15, -0.1) is 0 Å². The predicted octanol–water partition coefficient (Wildman–Crippen LogP) is 8.68. The van der Waals surface area contributed by atoms with Gasteiger partial charge in [0.1, 0.15) is 12.5 Å².